The molecule has 0 amide bonds. The van der Waals surface area contributed by atoms with Crippen LogP contribution in [-0.4, -0.2) is 7.11 Å². The highest BCUT2D eigenvalue weighted by molar-refractivity contribution is 6.31. The van der Waals surface area contributed by atoms with Crippen LogP contribution in [-0.2, 0) is 5.41 Å². The first-order chi connectivity index (χ1) is 7.14. The Kier molecular flexibility index (Phi) is 2.36. The second-order valence-electron chi connectivity index (χ2n) is 4.03. The smallest absolute Gasteiger partial charge is 0.120 e. The molecule has 15 heavy (non-hydrogen) atoms. The predicted octanol–water partition coefficient (Wildman–Crippen LogP) is 3.15. The lowest BCUT2D eigenvalue weighted by atomic mass is 9.95. The third-order valence-corrected chi connectivity index (χ3v) is 3.48. The lowest BCUT2D eigenvalue weighted by Crippen LogP contribution is -2.06. The van der Waals surface area contributed by atoms with Gasteiger partial charge in [-0.05, 0) is 30.0 Å². The van der Waals surface area contributed by atoms with Crippen molar-refractivity contribution in [3.8, 4) is 11.8 Å². The number of nitriles is 1. The van der Waals surface area contributed by atoms with Gasteiger partial charge in [0, 0.05) is 5.02 Å². The number of halogens is 1. The van der Waals surface area contributed by atoms with Crippen molar-refractivity contribution in [2.45, 2.75) is 18.8 Å². The van der Waals surface area contributed by atoms with Crippen molar-refractivity contribution < 1.29 is 4.74 Å². The first-order valence-electron chi connectivity index (χ1n) is 4.89. The van der Waals surface area contributed by atoms with Crippen LogP contribution in [0, 0.1) is 17.2 Å². The molecule has 2 rings (SSSR count). The van der Waals surface area contributed by atoms with Crippen LogP contribution >= 0.6 is 11.6 Å². The molecule has 0 bridgehead atoms. The molecule has 1 aromatic rings. The van der Waals surface area contributed by atoms with E-state index in [1.807, 2.05) is 12.1 Å². The van der Waals surface area contributed by atoms with Crippen LogP contribution in [0.15, 0.2) is 18.2 Å². The topological polar surface area (TPSA) is 33.0 Å². The van der Waals surface area contributed by atoms with Crippen LogP contribution in [0.5, 0.6) is 5.75 Å². The van der Waals surface area contributed by atoms with Crippen molar-refractivity contribution in [2.75, 3.05) is 7.11 Å². The summed E-state index contributed by atoms with van der Waals surface area (Å²) in [6.45, 7) is 2.07. The first kappa shape index (κ1) is 10.3. The predicted molar refractivity (Wildman–Crippen MR) is 59.1 cm³/mol. The molecule has 1 aliphatic rings. The average molecular weight is 222 g/mol. The highest BCUT2D eigenvalue weighted by atomic mass is 35.5. The van der Waals surface area contributed by atoms with Gasteiger partial charge < -0.3 is 4.74 Å². The van der Waals surface area contributed by atoms with Gasteiger partial charge in [-0.2, -0.15) is 5.26 Å². The minimum atomic E-state index is -0.358. The van der Waals surface area contributed by atoms with E-state index in [2.05, 4.69) is 13.0 Å². The van der Waals surface area contributed by atoms with Gasteiger partial charge in [-0.3, -0.25) is 0 Å². The Hall–Kier alpha value is -1.20. The second kappa shape index (κ2) is 3.43. The van der Waals surface area contributed by atoms with Gasteiger partial charge in [0.1, 0.15) is 5.75 Å². The maximum Gasteiger partial charge on any atom is 0.120 e. The Morgan fingerprint density at radius 1 is 1.60 bits per heavy atom. The van der Waals surface area contributed by atoms with Crippen molar-refractivity contribution >= 4 is 11.6 Å². The maximum atomic E-state index is 9.19. The molecule has 2 atom stereocenters. The normalized spacial score (nSPS) is 28.3. The fourth-order valence-electron chi connectivity index (χ4n) is 2.00. The van der Waals surface area contributed by atoms with Crippen LogP contribution < -0.4 is 4.74 Å². The summed E-state index contributed by atoms with van der Waals surface area (Å²) in [5.74, 6) is 1.12. The summed E-state index contributed by atoms with van der Waals surface area (Å²) in [7, 11) is 1.60. The molecule has 0 radical (unpaired) electrons. The molecule has 0 saturated heterocycles. The summed E-state index contributed by atoms with van der Waals surface area (Å²) in [5, 5.41) is 9.82. The van der Waals surface area contributed by atoms with Crippen LogP contribution in [0.4, 0.5) is 0 Å². The first-order valence-corrected chi connectivity index (χ1v) is 5.27. The minimum absolute atomic E-state index is 0.358. The Morgan fingerprint density at radius 2 is 2.27 bits per heavy atom. The molecule has 0 aliphatic heterocycles. The molecule has 2 unspecified atom stereocenters. The molecule has 0 N–H and O–H groups in total. The van der Waals surface area contributed by atoms with E-state index < -0.39 is 0 Å². The van der Waals surface area contributed by atoms with E-state index in [1.54, 1.807) is 13.2 Å². The molecule has 0 spiro atoms. The second-order valence-corrected chi connectivity index (χ2v) is 4.44. The third-order valence-electron chi connectivity index (χ3n) is 3.17. The fourth-order valence-corrected chi connectivity index (χ4v) is 2.34. The third kappa shape index (κ3) is 1.48. The Labute approximate surface area is 94.4 Å². The zero-order valence-corrected chi connectivity index (χ0v) is 9.51. The van der Waals surface area contributed by atoms with Gasteiger partial charge in [-0.25, -0.2) is 0 Å². The standard InChI is InChI=1S/C12H12ClNO/c1-8-6-12(8,7-14)10-4-3-9(15-2)5-11(10)13/h3-5,8H,6H2,1-2H3. The van der Waals surface area contributed by atoms with Gasteiger partial charge in [0.15, 0.2) is 0 Å². The van der Waals surface area contributed by atoms with Crippen LogP contribution in [0.2, 0.25) is 5.02 Å². The van der Waals surface area contributed by atoms with E-state index >= 15 is 0 Å². The molecule has 1 aliphatic carbocycles. The maximum absolute atomic E-state index is 9.19. The number of ether oxygens (including phenoxy) is 1. The zero-order chi connectivity index (χ0) is 11.1. The van der Waals surface area contributed by atoms with E-state index in [0.29, 0.717) is 10.9 Å². The largest absolute Gasteiger partial charge is 0.497 e. The van der Waals surface area contributed by atoms with Gasteiger partial charge in [-0.1, -0.05) is 24.6 Å². The summed E-state index contributed by atoms with van der Waals surface area (Å²) in [6.07, 6.45) is 0.898. The Bertz CT molecular complexity index is 438. The van der Waals surface area contributed by atoms with E-state index in [0.717, 1.165) is 17.7 Å². The summed E-state index contributed by atoms with van der Waals surface area (Å²) in [6, 6.07) is 7.89. The Morgan fingerprint density at radius 3 is 2.67 bits per heavy atom. The van der Waals surface area contributed by atoms with Gasteiger partial charge >= 0.3 is 0 Å². The summed E-state index contributed by atoms with van der Waals surface area (Å²) < 4.78 is 5.08. The zero-order valence-electron chi connectivity index (χ0n) is 8.75. The number of hydrogen-bond donors (Lipinski definition) is 0. The lowest BCUT2D eigenvalue weighted by molar-refractivity contribution is 0.414. The molecule has 2 nitrogen and oxygen atoms in total. The number of benzene rings is 1. The molecule has 1 saturated carbocycles. The lowest BCUT2D eigenvalue weighted by Gasteiger charge is -2.11. The van der Waals surface area contributed by atoms with Gasteiger partial charge in [0.2, 0.25) is 0 Å². The highest BCUT2D eigenvalue weighted by Gasteiger charge is 2.54. The van der Waals surface area contributed by atoms with E-state index in [-0.39, 0.29) is 5.41 Å². The molecule has 0 heterocycles. The van der Waals surface area contributed by atoms with Crippen LogP contribution in [0.3, 0.4) is 0 Å². The van der Waals surface area contributed by atoms with Gasteiger partial charge in [0.05, 0.1) is 18.6 Å². The highest BCUT2D eigenvalue weighted by Crippen LogP contribution is 2.55. The number of nitrogens with zero attached hydrogens (tertiary/aromatic N) is 1. The number of rotatable bonds is 2. The number of methoxy groups -OCH3 is 1. The van der Waals surface area contributed by atoms with Crippen molar-refractivity contribution in [1.82, 2.24) is 0 Å². The van der Waals surface area contributed by atoms with E-state index in [9.17, 15) is 5.26 Å². The molecular formula is C12H12ClNO. The van der Waals surface area contributed by atoms with Crippen molar-refractivity contribution in [2.24, 2.45) is 5.92 Å². The Balaban J connectivity index is 2.43. The monoisotopic (exact) mass is 221 g/mol. The number of hydrogen-bond acceptors (Lipinski definition) is 2. The molecule has 1 aromatic carbocycles. The van der Waals surface area contributed by atoms with Crippen LogP contribution in [0.25, 0.3) is 0 Å². The van der Waals surface area contributed by atoms with Crippen molar-refractivity contribution in [3.05, 3.63) is 28.8 Å². The molecule has 78 valence electrons. The quantitative estimate of drug-likeness (QED) is 0.769. The van der Waals surface area contributed by atoms with Crippen molar-refractivity contribution in [1.29, 1.82) is 5.26 Å². The fraction of sp³-hybridized carbons (Fsp3) is 0.417. The van der Waals surface area contributed by atoms with Gasteiger partial charge in [0.25, 0.3) is 0 Å². The molecule has 1 fully saturated rings. The summed E-state index contributed by atoms with van der Waals surface area (Å²) >= 11 is 6.15. The average Bonchev–Trinajstić information content (AvgIpc) is 2.90. The molecule has 0 aromatic heterocycles. The summed E-state index contributed by atoms with van der Waals surface area (Å²) in [4.78, 5) is 0. The van der Waals surface area contributed by atoms with E-state index in [1.165, 1.54) is 0 Å². The van der Waals surface area contributed by atoms with Crippen molar-refractivity contribution in [3.63, 3.8) is 0 Å². The van der Waals surface area contributed by atoms with E-state index in [4.69, 9.17) is 16.3 Å². The minimum Gasteiger partial charge on any atom is -0.497 e. The summed E-state index contributed by atoms with van der Waals surface area (Å²) in [5.41, 5.74) is 0.573. The van der Waals surface area contributed by atoms with Gasteiger partial charge in [-0.15, -0.1) is 0 Å². The van der Waals surface area contributed by atoms with Crippen LogP contribution in [0.1, 0.15) is 18.9 Å². The SMILES string of the molecule is COc1ccc(C2(C#N)CC2C)c(Cl)c1. The molecule has 3 heteroatoms. The molecular weight excluding hydrogens is 210 g/mol.